The summed E-state index contributed by atoms with van der Waals surface area (Å²) in [4.78, 5) is 32.5. The van der Waals surface area contributed by atoms with E-state index in [1.54, 1.807) is 38.1 Å². The molecule has 0 bridgehead atoms. The zero-order valence-electron chi connectivity index (χ0n) is 21.5. The lowest BCUT2D eigenvalue weighted by Gasteiger charge is -2.22. The molecule has 38 heavy (non-hydrogen) atoms. The zero-order chi connectivity index (χ0) is 26.8. The first-order chi connectivity index (χ1) is 18.4. The van der Waals surface area contributed by atoms with Gasteiger partial charge in [-0.2, -0.15) is 0 Å². The summed E-state index contributed by atoms with van der Waals surface area (Å²) in [6.45, 7) is 2.04. The Bertz CT molecular complexity index is 1420. The van der Waals surface area contributed by atoms with Crippen LogP contribution in [0.1, 0.15) is 34.0 Å². The SMILES string of the molecule is CNC(C)C(=O)Nc1cc(CBr)cc(COc2cc3c(cc2OC)C(=O)N2c4ccccc4CC2C=N3)c1. The number of carbonyl (C=O) groups excluding carboxylic acids is 2. The third-order valence-electron chi connectivity index (χ3n) is 6.82. The number of likely N-dealkylation sites (N-methyl/N-ethyl adjacent to an activating group) is 1. The summed E-state index contributed by atoms with van der Waals surface area (Å²) >= 11 is 3.50. The molecular formula is C29H29BrN4O4. The van der Waals surface area contributed by atoms with Crippen molar-refractivity contribution in [3.05, 3.63) is 76.9 Å². The monoisotopic (exact) mass is 576 g/mol. The number of carbonyl (C=O) groups is 2. The molecule has 2 aliphatic heterocycles. The summed E-state index contributed by atoms with van der Waals surface area (Å²) in [6, 6.07) is 16.8. The van der Waals surface area contributed by atoms with Gasteiger partial charge in [-0.15, -0.1) is 0 Å². The number of aliphatic imine (C=N–C) groups is 1. The zero-order valence-corrected chi connectivity index (χ0v) is 23.0. The summed E-state index contributed by atoms with van der Waals surface area (Å²) in [6.07, 6.45) is 2.57. The van der Waals surface area contributed by atoms with E-state index in [2.05, 4.69) is 31.6 Å². The molecule has 0 saturated heterocycles. The molecule has 0 saturated carbocycles. The number of methoxy groups -OCH3 is 1. The molecule has 2 heterocycles. The second-order valence-electron chi connectivity index (χ2n) is 9.33. The Balaban J connectivity index is 1.40. The lowest BCUT2D eigenvalue weighted by atomic mass is 10.1. The molecule has 0 aliphatic carbocycles. The number of halogens is 1. The van der Waals surface area contributed by atoms with Crippen molar-refractivity contribution in [2.45, 2.75) is 37.4 Å². The number of rotatable bonds is 8. The average Bonchev–Trinajstić information content (AvgIpc) is 3.25. The van der Waals surface area contributed by atoms with Crippen LogP contribution < -0.4 is 25.0 Å². The van der Waals surface area contributed by atoms with E-state index in [0.717, 1.165) is 28.8 Å². The van der Waals surface area contributed by atoms with Crippen molar-refractivity contribution in [1.82, 2.24) is 5.32 Å². The van der Waals surface area contributed by atoms with Crippen LogP contribution >= 0.6 is 15.9 Å². The minimum absolute atomic E-state index is 0.112. The minimum Gasteiger partial charge on any atom is -0.493 e. The fourth-order valence-corrected chi connectivity index (χ4v) is 5.05. The minimum atomic E-state index is -0.321. The lowest BCUT2D eigenvalue weighted by Crippen LogP contribution is -2.37. The molecule has 0 aromatic heterocycles. The second kappa shape index (κ2) is 11.0. The maximum absolute atomic E-state index is 13.6. The molecule has 0 radical (unpaired) electrons. The molecule has 2 amide bonds. The van der Waals surface area contributed by atoms with E-state index in [0.29, 0.717) is 33.8 Å². The normalized spacial score (nSPS) is 16.3. The smallest absolute Gasteiger partial charge is 0.261 e. The lowest BCUT2D eigenvalue weighted by molar-refractivity contribution is -0.117. The standard InChI is InChI=1S/C29H29BrN4O4/c1-17(31-2)28(35)33-21-9-18(14-30)8-19(10-21)16-38-27-13-24-23(12-26(27)37-3)29(36)34-22(15-32-24)11-20-6-4-5-7-25(20)34/h4-10,12-13,15,17,22,31H,11,14,16H2,1-3H3,(H,33,35). The van der Waals surface area contributed by atoms with Crippen molar-refractivity contribution in [3.63, 3.8) is 0 Å². The quantitative estimate of drug-likeness (QED) is 0.368. The molecule has 3 aromatic carbocycles. The summed E-state index contributed by atoms with van der Waals surface area (Å²) < 4.78 is 11.8. The molecule has 2 N–H and O–H groups in total. The van der Waals surface area contributed by atoms with Gasteiger partial charge in [-0.1, -0.05) is 40.2 Å². The number of ether oxygens (including phenoxy) is 2. The molecule has 5 rings (SSSR count). The summed E-state index contributed by atoms with van der Waals surface area (Å²) in [5, 5.41) is 6.51. The molecule has 196 valence electrons. The van der Waals surface area contributed by atoms with Crippen LogP contribution in [-0.2, 0) is 23.2 Å². The number of para-hydroxylation sites is 1. The number of benzene rings is 3. The number of fused-ring (bicyclic) bond motifs is 4. The number of hydrogen-bond acceptors (Lipinski definition) is 6. The van der Waals surface area contributed by atoms with Crippen LogP contribution in [0.4, 0.5) is 17.1 Å². The second-order valence-corrected chi connectivity index (χ2v) is 9.89. The molecule has 8 nitrogen and oxygen atoms in total. The van der Waals surface area contributed by atoms with Crippen LogP contribution in [0.5, 0.6) is 11.5 Å². The number of nitrogens with one attached hydrogen (secondary N) is 2. The van der Waals surface area contributed by atoms with Gasteiger partial charge in [-0.25, -0.2) is 0 Å². The maximum atomic E-state index is 13.6. The van der Waals surface area contributed by atoms with E-state index in [4.69, 9.17) is 9.47 Å². The molecule has 0 fully saturated rings. The summed E-state index contributed by atoms with van der Waals surface area (Å²) in [5.74, 6) is 0.700. The van der Waals surface area contributed by atoms with E-state index >= 15 is 0 Å². The van der Waals surface area contributed by atoms with Crippen LogP contribution in [0.25, 0.3) is 0 Å². The number of amides is 2. The Kier molecular flexibility index (Phi) is 7.49. The molecular weight excluding hydrogens is 548 g/mol. The number of anilines is 2. The third-order valence-corrected chi connectivity index (χ3v) is 7.47. The number of nitrogens with zero attached hydrogens (tertiary/aromatic N) is 2. The highest BCUT2D eigenvalue weighted by Gasteiger charge is 2.36. The summed E-state index contributed by atoms with van der Waals surface area (Å²) in [5.41, 5.74) is 5.63. The van der Waals surface area contributed by atoms with Gasteiger partial charge in [0.1, 0.15) is 6.61 Å². The maximum Gasteiger partial charge on any atom is 0.261 e. The van der Waals surface area contributed by atoms with Gasteiger partial charge >= 0.3 is 0 Å². The molecule has 2 aliphatic rings. The van der Waals surface area contributed by atoms with Crippen molar-refractivity contribution in [1.29, 1.82) is 0 Å². The van der Waals surface area contributed by atoms with Crippen LogP contribution in [0.2, 0.25) is 0 Å². The van der Waals surface area contributed by atoms with Gasteiger partial charge in [0, 0.05) is 35.4 Å². The largest absolute Gasteiger partial charge is 0.493 e. The molecule has 0 spiro atoms. The van der Waals surface area contributed by atoms with E-state index in [9.17, 15) is 9.59 Å². The van der Waals surface area contributed by atoms with Gasteiger partial charge in [-0.05, 0) is 54.9 Å². The Labute approximate surface area is 230 Å². The van der Waals surface area contributed by atoms with Crippen molar-refractivity contribution >= 4 is 51.0 Å². The van der Waals surface area contributed by atoms with Gasteiger partial charge in [-0.3, -0.25) is 19.5 Å². The van der Waals surface area contributed by atoms with Crippen LogP contribution in [0.3, 0.4) is 0 Å². The van der Waals surface area contributed by atoms with Gasteiger partial charge in [0.2, 0.25) is 5.91 Å². The van der Waals surface area contributed by atoms with Crippen LogP contribution in [0, 0.1) is 0 Å². The Morgan fingerprint density at radius 2 is 1.95 bits per heavy atom. The predicted molar refractivity (Wildman–Crippen MR) is 152 cm³/mol. The van der Waals surface area contributed by atoms with Crippen LogP contribution in [0.15, 0.2) is 59.6 Å². The van der Waals surface area contributed by atoms with Crippen molar-refractivity contribution < 1.29 is 19.1 Å². The Hall–Kier alpha value is -3.69. The Morgan fingerprint density at radius 3 is 2.71 bits per heavy atom. The van der Waals surface area contributed by atoms with Gasteiger partial charge < -0.3 is 20.1 Å². The predicted octanol–water partition coefficient (Wildman–Crippen LogP) is 5.00. The Morgan fingerprint density at radius 1 is 1.16 bits per heavy atom. The van der Waals surface area contributed by atoms with Gasteiger partial charge in [0.25, 0.3) is 5.91 Å². The van der Waals surface area contributed by atoms with Crippen molar-refractivity contribution in [3.8, 4) is 11.5 Å². The topological polar surface area (TPSA) is 92.3 Å². The first-order valence-electron chi connectivity index (χ1n) is 12.4. The number of alkyl halides is 1. The van der Waals surface area contributed by atoms with E-state index in [1.807, 2.05) is 48.7 Å². The third kappa shape index (κ3) is 5.04. The van der Waals surface area contributed by atoms with E-state index in [1.165, 1.54) is 0 Å². The van der Waals surface area contributed by atoms with Crippen molar-refractivity contribution in [2.75, 3.05) is 24.4 Å². The molecule has 3 aromatic rings. The molecule has 9 heteroatoms. The van der Waals surface area contributed by atoms with Crippen LogP contribution in [-0.4, -0.2) is 44.3 Å². The van der Waals surface area contributed by atoms with Gasteiger partial charge in [0.15, 0.2) is 11.5 Å². The van der Waals surface area contributed by atoms with Crippen molar-refractivity contribution in [2.24, 2.45) is 4.99 Å². The first kappa shape index (κ1) is 25.9. The fraction of sp³-hybridized carbons (Fsp3) is 0.276. The average molecular weight is 577 g/mol. The summed E-state index contributed by atoms with van der Waals surface area (Å²) in [7, 11) is 3.29. The fourth-order valence-electron chi connectivity index (χ4n) is 4.73. The van der Waals surface area contributed by atoms with E-state index < -0.39 is 0 Å². The first-order valence-corrected chi connectivity index (χ1v) is 13.5. The van der Waals surface area contributed by atoms with Gasteiger partial charge in [0.05, 0.1) is 30.4 Å². The highest BCUT2D eigenvalue weighted by Crippen LogP contribution is 2.41. The molecule has 2 atom stereocenters. The highest BCUT2D eigenvalue weighted by molar-refractivity contribution is 9.08. The van der Waals surface area contributed by atoms with E-state index in [-0.39, 0.29) is 30.5 Å². The number of hydrogen-bond donors (Lipinski definition) is 2. The highest BCUT2D eigenvalue weighted by atomic mass is 79.9. The molecule has 2 unspecified atom stereocenters.